The van der Waals surface area contributed by atoms with Crippen LogP contribution in [0.2, 0.25) is 0 Å². The number of hydrogen-bond donors (Lipinski definition) is 2. The molecule has 3 aromatic rings. The summed E-state index contributed by atoms with van der Waals surface area (Å²) in [6.45, 7) is 2.19. The van der Waals surface area contributed by atoms with Crippen LogP contribution in [0.15, 0.2) is 48.5 Å². The van der Waals surface area contributed by atoms with Crippen molar-refractivity contribution in [2.75, 3.05) is 24.8 Å². The molecule has 3 N–H and O–H groups in total. The number of anilines is 3. The van der Waals surface area contributed by atoms with Gasteiger partial charge in [-0.15, -0.1) is 0 Å². The van der Waals surface area contributed by atoms with Crippen molar-refractivity contribution < 1.29 is 19.0 Å². The summed E-state index contributed by atoms with van der Waals surface area (Å²) in [5.41, 5.74) is 6.85. The van der Waals surface area contributed by atoms with Gasteiger partial charge >= 0.3 is 5.97 Å². The monoisotopic (exact) mass is 395 g/mol. The number of para-hydroxylation sites is 1. The minimum atomic E-state index is -0.553. The topological polar surface area (TPSA) is 121 Å². The molecule has 0 aliphatic carbocycles. The van der Waals surface area contributed by atoms with Gasteiger partial charge in [0.1, 0.15) is 0 Å². The number of methoxy groups -OCH3 is 1. The molecule has 150 valence electrons. The van der Waals surface area contributed by atoms with Crippen molar-refractivity contribution in [3.63, 3.8) is 0 Å². The molecule has 2 aromatic carbocycles. The second-order valence-electron chi connectivity index (χ2n) is 5.80. The van der Waals surface area contributed by atoms with Crippen molar-refractivity contribution in [3.8, 4) is 11.5 Å². The van der Waals surface area contributed by atoms with E-state index in [2.05, 4.69) is 20.3 Å². The number of nitrogen functional groups attached to an aromatic ring is 1. The Morgan fingerprint density at radius 1 is 1.07 bits per heavy atom. The predicted molar refractivity (Wildman–Crippen MR) is 107 cm³/mol. The number of nitrogens with one attached hydrogen (secondary N) is 1. The van der Waals surface area contributed by atoms with Crippen LogP contribution in [0.1, 0.15) is 23.1 Å². The van der Waals surface area contributed by atoms with E-state index >= 15 is 0 Å². The molecule has 0 aliphatic rings. The third kappa shape index (κ3) is 5.32. The molecule has 0 bridgehead atoms. The Bertz CT molecular complexity index is 982. The van der Waals surface area contributed by atoms with Gasteiger partial charge in [0.2, 0.25) is 11.9 Å². The summed E-state index contributed by atoms with van der Waals surface area (Å²) in [7, 11) is 1.50. The van der Waals surface area contributed by atoms with Gasteiger partial charge in [0.25, 0.3) is 0 Å². The number of aromatic nitrogens is 3. The van der Waals surface area contributed by atoms with E-state index < -0.39 is 5.97 Å². The lowest BCUT2D eigenvalue weighted by molar-refractivity contribution is 0.0461. The first-order valence-corrected chi connectivity index (χ1v) is 8.89. The molecular formula is C20H21N5O4. The van der Waals surface area contributed by atoms with Gasteiger partial charge in [-0.05, 0) is 37.3 Å². The summed E-state index contributed by atoms with van der Waals surface area (Å²) >= 11 is 0. The Hall–Kier alpha value is -3.88. The first-order chi connectivity index (χ1) is 14.1. The van der Waals surface area contributed by atoms with E-state index in [0.29, 0.717) is 23.7 Å². The maximum absolute atomic E-state index is 12.4. The largest absolute Gasteiger partial charge is 0.493 e. The van der Waals surface area contributed by atoms with Crippen LogP contribution in [-0.4, -0.2) is 34.6 Å². The SMILES string of the molecule is CCOc1ccc(C(=O)OCc2nc(N)nc(Nc3ccccc3)n2)cc1OC. The van der Waals surface area contributed by atoms with E-state index in [1.807, 2.05) is 37.3 Å². The Morgan fingerprint density at radius 3 is 2.59 bits per heavy atom. The highest BCUT2D eigenvalue weighted by Crippen LogP contribution is 2.28. The number of hydrogen-bond acceptors (Lipinski definition) is 9. The van der Waals surface area contributed by atoms with Crippen molar-refractivity contribution in [2.45, 2.75) is 13.5 Å². The van der Waals surface area contributed by atoms with Crippen molar-refractivity contribution in [3.05, 3.63) is 59.9 Å². The van der Waals surface area contributed by atoms with Gasteiger partial charge in [0.15, 0.2) is 23.9 Å². The second kappa shape index (κ2) is 9.36. The Morgan fingerprint density at radius 2 is 1.86 bits per heavy atom. The van der Waals surface area contributed by atoms with Crippen molar-refractivity contribution in [2.24, 2.45) is 0 Å². The average Bonchev–Trinajstić information content (AvgIpc) is 2.73. The number of esters is 1. The van der Waals surface area contributed by atoms with Gasteiger partial charge in [-0.3, -0.25) is 0 Å². The lowest BCUT2D eigenvalue weighted by atomic mass is 10.2. The van der Waals surface area contributed by atoms with Gasteiger partial charge in [0.05, 0.1) is 19.3 Å². The standard InChI is InChI=1S/C20H21N5O4/c1-3-28-15-10-9-13(11-16(15)27-2)18(26)29-12-17-23-19(21)25-20(24-17)22-14-7-5-4-6-8-14/h4-11H,3,12H2,1-2H3,(H3,21,22,23,24,25). The number of nitrogens with two attached hydrogens (primary N) is 1. The molecule has 9 nitrogen and oxygen atoms in total. The first kappa shape index (κ1) is 19.9. The number of rotatable bonds is 8. The number of carbonyl (C=O) groups is 1. The van der Waals surface area contributed by atoms with Gasteiger partial charge in [-0.25, -0.2) is 4.79 Å². The lowest BCUT2D eigenvalue weighted by Gasteiger charge is -2.11. The van der Waals surface area contributed by atoms with Crippen molar-refractivity contribution in [1.29, 1.82) is 0 Å². The fourth-order valence-electron chi connectivity index (χ4n) is 2.49. The van der Waals surface area contributed by atoms with E-state index in [1.165, 1.54) is 7.11 Å². The van der Waals surface area contributed by atoms with Crippen LogP contribution in [0, 0.1) is 0 Å². The minimum absolute atomic E-state index is 0.0206. The minimum Gasteiger partial charge on any atom is -0.493 e. The molecule has 0 atom stereocenters. The van der Waals surface area contributed by atoms with Crippen LogP contribution in [0.3, 0.4) is 0 Å². The number of ether oxygens (including phenoxy) is 3. The lowest BCUT2D eigenvalue weighted by Crippen LogP contribution is -2.11. The van der Waals surface area contributed by atoms with E-state index in [0.717, 1.165) is 5.69 Å². The van der Waals surface area contributed by atoms with E-state index in [9.17, 15) is 4.79 Å². The summed E-state index contributed by atoms with van der Waals surface area (Å²) in [5.74, 6) is 0.947. The summed E-state index contributed by atoms with van der Waals surface area (Å²) < 4.78 is 16.0. The molecule has 0 unspecified atom stereocenters. The summed E-state index contributed by atoms with van der Waals surface area (Å²) in [5, 5.41) is 3.02. The van der Waals surface area contributed by atoms with Crippen LogP contribution >= 0.6 is 0 Å². The summed E-state index contributed by atoms with van der Waals surface area (Å²) in [6, 6.07) is 14.2. The Balaban J connectivity index is 1.68. The van der Waals surface area contributed by atoms with Crippen molar-refractivity contribution in [1.82, 2.24) is 15.0 Å². The molecule has 0 amide bonds. The van der Waals surface area contributed by atoms with Crippen LogP contribution in [0.5, 0.6) is 11.5 Å². The van der Waals surface area contributed by atoms with Gasteiger partial charge in [-0.1, -0.05) is 18.2 Å². The molecule has 29 heavy (non-hydrogen) atoms. The summed E-state index contributed by atoms with van der Waals surface area (Å²) in [6.07, 6.45) is 0. The third-order valence-electron chi connectivity index (χ3n) is 3.76. The molecule has 0 saturated carbocycles. The fraction of sp³-hybridized carbons (Fsp3) is 0.200. The number of benzene rings is 2. The van der Waals surface area contributed by atoms with Crippen molar-refractivity contribution >= 4 is 23.6 Å². The van der Waals surface area contributed by atoms with Gasteiger partial charge in [-0.2, -0.15) is 15.0 Å². The van der Waals surface area contributed by atoms with Crippen LogP contribution in [0.25, 0.3) is 0 Å². The highest BCUT2D eigenvalue weighted by Gasteiger charge is 2.14. The van der Waals surface area contributed by atoms with Gasteiger partial charge in [0, 0.05) is 5.69 Å². The van der Waals surface area contributed by atoms with E-state index in [-0.39, 0.29) is 24.3 Å². The third-order valence-corrected chi connectivity index (χ3v) is 3.76. The molecule has 0 saturated heterocycles. The summed E-state index contributed by atoms with van der Waals surface area (Å²) in [4.78, 5) is 24.7. The maximum Gasteiger partial charge on any atom is 0.338 e. The smallest absolute Gasteiger partial charge is 0.338 e. The zero-order valence-corrected chi connectivity index (χ0v) is 16.1. The fourth-order valence-corrected chi connectivity index (χ4v) is 2.49. The zero-order valence-electron chi connectivity index (χ0n) is 16.1. The number of carbonyl (C=O) groups excluding carboxylic acids is 1. The average molecular weight is 395 g/mol. The number of nitrogens with zero attached hydrogens (tertiary/aromatic N) is 3. The molecule has 9 heteroatoms. The Labute approximate surface area is 167 Å². The van der Waals surface area contributed by atoms with Crippen LogP contribution < -0.4 is 20.5 Å². The predicted octanol–water partition coefficient (Wildman–Crippen LogP) is 2.96. The highest BCUT2D eigenvalue weighted by molar-refractivity contribution is 5.90. The molecule has 0 fully saturated rings. The molecule has 3 rings (SSSR count). The molecule has 0 spiro atoms. The van der Waals surface area contributed by atoms with E-state index in [1.54, 1.807) is 18.2 Å². The first-order valence-electron chi connectivity index (χ1n) is 8.89. The second-order valence-corrected chi connectivity index (χ2v) is 5.80. The van der Waals surface area contributed by atoms with Crippen LogP contribution in [-0.2, 0) is 11.3 Å². The molecule has 1 aromatic heterocycles. The molecular weight excluding hydrogens is 374 g/mol. The molecule has 0 radical (unpaired) electrons. The normalized spacial score (nSPS) is 10.3. The maximum atomic E-state index is 12.4. The van der Waals surface area contributed by atoms with Gasteiger partial charge < -0.3 is 25.3 Å². The molecule has 1 heterocycles. The Kier molecular flexibility index (Phi) is 6.41. The zero-order chi connectivity index (χ0) is 20.6. The highest BCUT2D eigenvalue weighted by atomic mass is 16.5. The van der Waals surface area contributed by atoms with E-state index in [4.69, 9.17) is 19.9 Å². The van der Waals surface area contributed by atoms with Crippen LogP contribution in [0.4, 0.5) is 17.6 Å². The molecule has 0 aliphatic heterocycles. The quantitative estimate of drug-likeness (QED) is 0.554.